The molecule has 1 amide bonds. The summed E-state index contributed by atoms with van der Waals surface area (Å²) in [6.07, 6.45) is -3.82. The van der Waals surface area contributed by atoms with E-state index in [4.69, 9.17) is 0 Å². The Balaban J connectivity index is 0.000000771. The number of hydrogen-bond acceptors (Lipinski definition) is 2. The lowest BCUT2D eigenvalue weighted by molar-refractivity contribution is -0.151. The Hall–Kier alpha value is -0.780. The minimum Gasteiger partial charge on any atom is -0.334 e. The summed E-state index contributed by atoms with van der Waals surface area (Å²) >= 11 is 0. The van der Waals surface area contributed by atoms with Crippen molar-refractivity contribution in [1.82, 2.24) is 10.2 Å². The van der Waals surface area contributed by atoms with Crippen LogP contribution >= 0.6 is 0 Å². The molecule has 0 radical (unpaired) electrons. The van der Waals surface area contributed by atoms with Crippen LogP contribution in [-0.4, -0.2) is 42.2 Å². The van der Waals surface area contributed by atoms with Crippen molar-refractivity contribution in [2.75, 3.05) is 13.1 Å². The molecule has 0 spiro atoms. The van der Waals surface area contributed by atoms with Gasteiger partial charge in [-0.1, -0.05) is 13.8 Å². The van der Waals surface area contributed by atoms with Crippen LogP contribution in [0.4, 0.5) is 13.2 Å². The van der Waals surface area contributed by atoms with Gasteiger partial charge in [-0.2, -0.15) is 13.2 Å². The number of amides is 1. The lowest BCUT2D eigenvalue weighted by atomic mass is 10.2. The zero-order chi connectivity index (χ0) is 13.8. The molecule has 3 nitrogen and oxygen atoms in total. The second kappa shape index (κ2) is 6.41. The van der Waals surface area contributed by atoms with Gasteiger partial charge in [0, 0.05) is 31.6 Å². The predicted octanol–water partition coefficient (Wildman–Crippen LogP) is 2.32. The number of halogens is 3. The van der Waals surface area contributed by atoms with Gasteiger partial charge in [-0.05, 0) is 12.8 Å². The van der Waals surface area contributed by atoms with Gasteiger partial charge in [-0.3, -0.25) is 4.79 Å². The molecule has 2 rings (SSSR count). The number of rotatable bonds is 2. The summed E-state index contributed by atoms with van der Waals surface area (Å²) in [5, 5.41) is 3.19. The second-order valence-electron chi connectivity index (χ2n) is 4.46. The van der Waals surface area contributed by atoms with Gasteiger partial charge >= 0.3 is 6.18 Å². The van der Waals surface area contributed by atoms with E-state index in [9.17, 15) is 18.0 Å². The van der Waals surface area contributed by atoms with E-state index in [2.05, 4.69) is 5.32 Å². The molecule has 106 valence electrons. The molecule has 2 bridgehead atoms. The van der Waals surface area contributed by atoms with Gasteiger partial charge in [0.2, 0.25) is 5.91 Å². The summed E-state index contributed by atoms with van der Waals surface area (Å²) < 4.78 is 36.0. The molecule has 2 fully saturated rings. The fourth-order valence-electron chi connectivity index (χ4n) is 2.56. The summed E-state index contributed by atoms with van der Waals surface area (Å²) in [4.78, 5) is 13.4. The molecule has 18 heavy (non-hydrogen) atoms. The molecule has 1 N–H and O–H groups in total. The normalized spacial score (nSPS) is 26.6. The fraction of sp³-hybridized carbons (Fsp3) is 0.917. The summed E-state index contributed by atoms with van der Waals surface area (Å²) in [6, 6.07) is 0.221. The molecular formula is C12H21F3N2O. The van der Waals surface area contributed by atoms with E-state index in [0.717, 1.165) is 12.8 Å². The smallest absolute Gasteiger partial charge is 0.334 e. The first-order valence-electron chi connectivity index (χ1n) is 6.56. The molecule has 2 heterocycles. The average molecular weight is 266 g/mol. The molecule has 2 unspecified atom stereocenters. The summed E-state index contributed by atoms with van der Waals surface area (Å²) in [7, 11) is 0. The number of fused-ring (bicyclic) bond motifs is 2. The maximum Gasteiger partial charge on any atom is 0.389 e. The molecule has 0 saturated carbocycles. The fourth-order valence-corrected chi connectivity index (χ4v) is 2.56. The number of piperazine rings is 1. The molecule has 6 heteroatoms. The monoisotopic (exact) mass is 266 g/mol. The molecule has 0 aliphatic carbocycles. The molecule has 0 aromatic rings. The van der Waals surface area contributed by atoms with Crippen LogP contribution < -0.4 is 5.32 Å². The number of nitrogens with zero attached hydrogens (tertiary/aromatic N) is 1. The van der Waals surface area contributed by atoms with Crippen molar-refractivity contribution in [1.29, 1.82) is 0 Å². The summed E-state index contributed by atoms with van der Waals surface area (Å²) in [5.74, 6) is -0.341. The van der Waals surface area contributed by atoms with Crippen LogP contribution in [0, 0.1) is 0 Å². The third kappa shape index (κ3) is 3.86. The van der Waals surface area contributed by atoms with Crippen molar-refractivity contribution in [3.05, 3.63) is 0 Å². The van der Waals surface area contributed by atoms with Crippen molar-refractivity contribution in [3.8, 4) is 0 Å². The molecule has 0 aromatic carbocycles. The standard InChI is InChI=1S/C10H15F3N2O.C2H6/c11-10(12,13)4-3-9(16)15-7-1-2-8(15)6-14-5-7;1-2/h7-8,14H,1-6H2;1-2H3. The molecule has 2 aliphatic rings. The van der Waals surface area contributed by atoms with E-state index in [1.165, 1.54) is 0 Å². The zero-order valence-electron chi connectivity index (χ0n) is 10.9. The molecule has 2 saturated heterocycles. The van der Waals surface area contributed by atoms with Gasteiger partial charge < -0.3 is 10.2 Å². The Morgan fingerprint density at radius 2 is 1.72 bits per heavy atom. The predicted molar refractivity (Wildman–Crippen MR) is 63.2 cm³/mol. The minimum absolute atomic E-state index is 0.111. The Morgan fingerprint density at radius 1 is 1.22 bits per heavy atom. The Kier molecular flexibility index (Phi) is 5.44. The molecular weight excluding hydrogens is 245 g/mol. The van der Waals surface area contributed by atoms with E-state index < -0.39 is 19.0 Å². The Morgan fingerprint density at radius 3 is 2.17 bits per heavy atom. The van der Waals surface area contributed by atoms with Crippen molar-refractivity contribution >= 4 is 5.91 Å². The van der Waals surface area contributed by atoms with Crippen LogP contribution in [-0.2, 0) is 4.79 Å². The van der Waals surface area contributed by atoms with E-state index in [0.29, 0.717) is 13.1 Å². The van der Waals surface area contributed by atoms with Crippen LogP contribution in [0.5, 0.6) is 0 Å². The summed E-state index contributed by atoms with van der Waals surface area (Å²) in [5.41, 5.74) is 0. The first-order valence-corrected chi connectivity index (χ1v) is 6.56. The number of carbonyl (C=O) groups is 1. The van der Waals surface area contributed by atoms with Crippen molar-refractivity contribution in [2.24, 2.45) is 0 Å². The number of alkyl halides is 3. The van der Waals surface area contributed by atoms with E-state index in [1.807, 2.05) is 13.8 Å². The quantitative estimate of drug-likeness (QED) is 0.832. The van der Waals surface area contributed by atoms with Gasteiger partial charge in [0.15, 0.2) is 0 Å². The molecule has 2 aliphatic heterocycles. The average Bonchev–Trinajstić information content (AvgIpc) is 2.58. The topological polar surface area (TPSA) is 32.3 Å². The molecule has 0 aromatic heterocycles. The minimum atomic E-state index is -4.23. The highest BCUT2D eigenvalue weighted by atomic mass is 19.4. The van der Waals surface area contributed by atoms with Gasteiger partial charge in [0.25, 0.3) is 0 Å². The van der Waals surface area contributed by atoms with Crippen LogP contribution in [0.1, 0.15) is 39.5 Å². The SMILES string of the molecule is CC.O=C(CCC(F)(F)F)N1C2CCC1CNC2. The van der Waals surface area contributed by atoms with Crippen LogP contribution in [0.15, 0.2) is 0 Å². The van der Waals surface area contributed by atoms with E-state index in [-0.39, 0.29) is 18.0 Å². The number of carbonyl (C=O) groups excluding carboxylic acids is 1. The first-order chi connectivity index (χ1) is 8.47. The lowest BCUT2D eigenvalue weighted by Crippen LogP contribution is -2.54. The Bertz CT molecular complexity index is 265. The van der Waals surface area contributed by atoms with E-state index >= 15 is 0 Å². The van der Waals surface area contributed by atoms with Gasteiger partial charge in [0.05, 0.1) is 6.42 Å². The van der Waals surface area contributed by atoms with Gasteiger partial charge in [-0.15, -0.1) is 0 Å². The maximum absolute atomic E-state index is 12.0. The van der Waals surface area contributed by atoms with Crippen LogP contribution in [0.3, 0.4) is 0 Å². The maximum atomic E-state index is 12.0. The summed E-state index contributed by atoms with van der Waals surface area (Å²) in [6.45, 7) is 5.43. The third-order valence-electron chi connectivity index (χ3n) is 3.29. The Labute approximate surface area is 106 Å². The largest absolute Gasteiger partial charge is 0.389 e. The highest BCUT2D eigenvalue weighted by molar-refractivity contribution is 5.77. The first kappa shape index (κ1) is 15.3. The van der Waals surface area contributed by atoms with Gasteiger partial charge in [-0.25, -0.2) is 0 Å². The van der Waals surface area contributed by atoms with Crippen molar-refractivity contribution in [2.45, 2.75) is 57.8 Å². The highest BCUT2D eigenvalue weighted by Crippen LogP contribution is 2.29. The van der Waals surface area contributed by atoms with Gasteiger partial charge in [0.1, 0.15) is 0 Å². The highest BCUT2D eigenvalue weighted by Gasteiger charge is 2.40. The van der Waals surface area contributed by atoms with Crippen LogP contribution in [0.25, 0.3) is 0 Å². The number of nitrogens with one attached hydrogen (secondary N) is 1. The van der Waals surface area contributed by atoms with Crippen LogP contribution in [0.2, 0.25) is 0 Å². The number of hydrogen-bond donors (Lipinski definition) is 1. The van der Waals surface area contributed by atoms with E-state index in [1.54, 1.807) is 4.90 Å². The van der Waals surface area contributed by atoms with Crippen molar-refractivity contribution < 1.29 is 18.0 Å². The van der Waals surface area contributed by atoms with Crippen molar-refractivity contribution in [3.63, 3.8) is 0 Å². The lowest BCUT2D eigenvalue weighted by Gasteiger charge is -2.35. The second-order valence-corrected chi connectivity index (χ2v) is 4.46. The third-order valence-corrected chi connectivity index (χ3v) is 3.29. The molecule has 2 atom stereocenters. The zero-order valence-corrected chi connectivity index (χ0v) is 10.9.